The van der Waals surface area contributed by atoms with Crippen LogP contribution >= 0.6 is 0 Å². The normalized spacial score (nSPS) is 28.3. The smallest absolute Gasteiger partial charge is 0.225 e. The van der Waals surface area contributed by atoms with Crippen molar-refractivity contribution in [3.05, 3.63) is 30.1 Å². The van der Waals surface area contributed by atoms with Crippen LogP contribution in [0.25, 0.3) is 0 Å². The fourth-order valence-electron chi connectivity index (χ4n) is 2.86. The number of hydrogen-bond acceptors (Lipinski definition) is 4. The summed E-state index contributed by atoms with van der Waals surface area (Å²) in [7, 11) is 0. The number of likely N-dealkylation sites (tertiary alicyclic amines) is 1. The maximum Gasteiger partial charge on any atom is 0.225 e. The van der Waals surface area contributed by atoms with Gasteiger partial charge in [-0.15, -0.1) is 0 Å². The van der Waals surface area contributed by atoms with Crippen molar-refractivity contribution in [3.63, 3.8) is 0 Å². The number of piperidine rings is 1. The Morgan fingerprint density at radius 1 is 1.53 bits per heavy atom. The van der Waals surface area contributed by atoms with E-state index in [-0.39, 0.29) is 17.9 Å². The Morgan fingerprint density at radius 2 is 2.47 bits per heavy atom. The van der Waals surface area contributed by atoms with Crippen molar-refractivity contribution in [1.82, 2.24) is 15.2 Å². The summed E-state index contributed by atoms with van der Waals surface area (Å²) in [6, 6.07) is 4.04. The molecule has 3 rings (SSSR count). The second kappa shape index (κ2) is 5.67. The number of amides is 1. The van der Waals surface area contributed by atoms with E-state index in [1.165, 1.54) is 5.56 Å². The zero-order valence-electron chi connectivity index (χ0n) is 10.9. The van der Waals surface area contributed by atoms with E-state index < -0.39 is 0 Å². The van der Waals surface area contributed by atoms with Crippen LogP contribution in [0.2, 0.25) is 0 Å². The van der Waals surface area contributed by atoms with Crippen LogP contribution in [0.4, 0.5) is 0 Å². The minimum atomic E-state index is 0.0210. The number of hydrogen-bond donors (Lipinski definition) is 1. The Balaban J connectivity index is 1.63. The predicted octanol–water partition coefficient (Wildman–Crippen LogP) is 0.418. The lowest BCUT2D eigenvalue weighted by Gasteiger charge is -2.36. The summed E-state index contributed by atoms with van der Waals surface area (Å²) in [5, 5.41) is 2.92. The Bertz CT molecular complexity index is 438. The minimum Gasteiger partial charge on any atom is -0.374 e. The van der Waals surface area contributed by atoms with Crippen LogP contribution in [0.15, 0.2) is 24.5 Å². The maximum absolute atomic E-state index is 11.9. The molecule has 5 heteroatoms. The van der Waals surface area contributed by atoms with Gasteiger partial charge in [0, 0.05) is 32.0 Å². The summed E-state index contributed by atoms with van der Waals surface area (Å²) in [6.07, 6.45) is 4.59. The number of carbonyl (C=O) groups is 1. The van der Waals surface area contributed by atoms with Gasteiger partial charge in [-0.2, -0.15) is 0 Å². The monoisotopic (exact) mass is 261 g/mol. The van der Waals surface area contributed by atoms with E-state index >= 15 is 0 Å². The van der Waals surface area contributed by atoms with Gasteiger partial charge in [0.1, 0.15) is 0 Å². The molecule has 2 saturated heterocycles. The molecule has 0 aromatic carbocycles. The fraction of sp³-hybridized carbons (Fsp3) is 0.571. The van der Waals surface area contributed by atoms with E-state index in [9.17, 15) is 4.79 Å². The van der Waals surface area contributed by atoms with Gasteiger partial charge in [0.2, 0.25) is 5.91 Å². The van der Waals surface area contributed by atoms with Gasteiger partial charge in [0.25, 0.3) is 0 Å². The van der Waals surface area contributed by atoms with Crippen molar-refractivity contribution < 1.29 is 9.53 Å². The van der Waals surface area contributed by atoms with Crippen LogP contribution < -0.4 is 5.32 Å². The Labute approximate surface area is 113 Å². The Hall–Kier alpha value is -1.46. The first-order valence-corrected chi connectivity index (χ1v) is 6.83. The van der Waals surface area contributed by atoms with E-state index in [0.29, 0.717) is 13.2 Å². The zero-order chi connectivity index (χ0) is 13.1. The van der Waals surface area contributed by atoms with Crippen molar-refractivity contribution in [2.75, 3.05) is 26.2 Å². The first-order valence-electron chi connectivity index (χ1n) is 6.83. The topological polar surface area (TPSA) is 54.5 Å². The molecule has 1 amide bonds. The largest absolute Gasteiger partial charge is 0.374 e. The molecule has 0 bridgehead atoms. The van der Waals surface area contributed by atoms with E-state index in [4.69, 9.17) is 4.74 Å². The lowest BCUT2D eigenvalue weighted by atomic mass is 9.93. The standard InChI is InChI=1S/C14H19N3O2/c18-14-12-3-6-17(9-11-2-1-4-15-8-11)10-13(12)19-7-5-16-14/h1-2,4,8,12-13H,3,5-7,9-10H2,(H,16,18)/t12-,13+/m0/s1. The molecule has 0 unspecified atom stereocenters. The van der Waals surface area contributed by atoms with Gasteiger partial charge in [0.15, 0.2) is 0 Å². The lowest BCUT2D eigenvalue weighted by Crippen LogP contribution is -2.48. The highest BCUT2D eigenvalue weighted by Gasteiger charge is 2.36. The highest BCUT2D eigenvalue weighted by molar-refractivity contribution is 5.79. The minimum absolute atomic E-state index is 0.0210. The van der Waals surface area contributed by atoms with Gasteiger partial charge in [0.05, 0.1) is 18.6 Å². The van der Waals surface area contributed by atoms with E-state index in [0.717, 1.165) is 26.1 Å². The molecule has 102 valence electrons. The molecule has 1 aromatic heterocycles. The summed E-state index contributed by atoms with van der Waals surface area (Å²) in [6.45, 7) is 3.89. The third-order valence-corrected chi connectivity index (χ3v) is 3.84. The van der Waals surface area contributed by atoms with Crippen molar-refractivity contribution >= 4 is 5.91 Å². The molecule has 0 aliphatic carbocycles. The molecule has 19 heavy (non-hydrogen) atoms. The average Bonchev–Trinajstić information content (AvgIpc) is 2.62. The first-order chi connectivity index (χ1) is 9.33. The molecular formula is C14H19N3O2. The maximum atomic E-state index is 11.9. The third-order valence-electron chi connectivity index (χ3n) is 3.84. The molecule has 0 radical (unpaired) electrons. The highest BCUT2D eigenvalue weighted by atomic mass is 16.5. The van der Waals surface area contributed by atoms with Crippen molar-refractivity contribution in [2.45, 2.75) is 19.1 Å². The first kappa shape index (κ1) is 12.6. The quantitative estimate of drug-likeness (QED) is 0.838. The van der Waals surface area contributed by atoms with Gasteiger partial charge < -0.3 is 10.1 Å². The number of pyridine rings is 1. The summed E-state index contributed by atoms with van der Waals surface area (Å²) in [5.41, 5.74) is 1.21. The lowest BCUT2D eigenvalue weighted by molar-refractivity contribution is -0.130. The molecule has 2 aliphatic heterocycles. The summed E-state index contributed by atoms with van der Waals surface area (Å²) in [4.78, 5) is 18.4. The zero-order valence-corrected chi connectivity index (χ0v) is 10.9. The third kappa shape index (κ3) is 2.93. The summed E-state index contributed by atoms with van der Waals surface area (Å²) >= 11 is 0. The van der Waals surface area contributed by atoms with Gasteiger partial charge in [-0.3, -0.25) is 14.7 Å². The van der Waals surface area contributed by atoms with Gasteiger partial charge in [-0.1, -0.05) is 6.07 Å². The van der Waals surface area contributed by atoms with Crippen LogP contribution in [0.1, 0.15) is 12.0 Å². The second-order valence-electron chi connectivity index (χ2n) is 5.19. The number of rotatable bonds is 2. The molecule has 2 aliphatic rings. The average molecular weight is 261 g/mol. The molecule has 0 spiro atoms. The fourth-order valence-corrected chi connectivity index (χ4v) is 2.86. The van der Waals surface area contributed by atoms with Crippen molar-refractivity contribution in [3.8, 4) is 0 Å². The SMILES string of the molecule is O=C1NCCO[C@@H]2CN(Cc3cccnc3)CC[C@H]12. The number of nitrogens with one attached hydrogen (secondary N) is 1. The second-order valence-corrected chi connectivity index (χ2v) is 5.19. The van der Waals surface area contributed by atoms with Gasteiger partial charge in [-0.05, 0) is 24.6 Å². The molecular weight excluding hydrogens is 242 g/mol. The van der Waals surface area contributed by atoms with Crippen molar-refractivity contribution in [2.24, 2.45) is 5.92 Å². The van der Waals surface area contributed by atoms with Crippen LogP contribution in [-0.4, -0.2) is 48.1 Å². The molecule has 1 aromatic rings. The van der Waals surface area contributed by atoms with E-state index in [2.05, 4.69) is 21.3 Å². The Morgan fingerprint density at radius 3 is 3.32 bits per heavy atom. The van der Waals surface area contributed by atoms with Crippen molar-refractivity contribution in [1.29, 1.82) is 0 Å². The predicted molar refractivity (Wildman–Crippen MR) is 70.4 cm³/mol. The van der Waals surface area contributed by atoms with Crippen LogP contribution in [0, 0.1) is 5.92 Å². The van der Waals surface area contributed by atoms with Gasteiger partial charge >= 0.3 is 0 Å². The highest BCUT2D eigenvalue weighted by Crippen LogP contribution is 2.23. The van der Waals surface area contributed by atoms with Crippen LogP contribution in [0.3, 0.4) is 0 Å². The van der Waals surface area contributed by atoms with Crippen LogP contribution in [-0.2, 0) is 16.1 Å². The molecule has 5 nitrogen and oxygen atoms in total. The van der Waals surface area contributed by atoms with E-state index in [1.54, 1.807) is 6.20 Å². The molecule has 2 fully saturated rings. The number of ether oxygens (including phenoxy) is 1. The number of carbonyl (C=O) groups excluding carboxylic acids is 1. The molecule has 1 N–H and O–H groups in total. The number of fused-ring (bicyclic) bond motifs is 1. The molecule has 0 saturated carbocycles. The molecule has 2 atom stereocenters. The summed E-state index contributed by atoms with van der Waals surface area (Å²) < 4.78 is 5.80. The van der Waals surface area contributed by atoms with Crippen LogP contribution in [0.5, 0.6) is 0 Å². The number of nitrogens with zero attached hydrogens (tertiary/aromatic N) is 2. The Kier molecular flexibility index (Phi) is 3.75. The van der Waals surface area contributed by atoms with E-state index in [1.807, 2.05) is 12.3 Å². The molecule has 3 heterocycles. The summed E-state index contributed by atoms with van der Waals surface area (Å²) in [5.74, 6) is 0.177. The number of aromatic nitrogens is 1. The van der Waals surface area contributed by atoms with Gasteiger partial charge in [-0.25, -0.2) is 0 Å².